The molecule has 0 aliphatic carbocycles. The highest BCUT2D eigenvalue weighted by Crippen LogP contribution is 2.11. The SMILES string of the molecule is C[Si](C)(C)OC(=O)[C@@H]1C[C@@H](O)CN1. The summed E-state index contributed by atoms with van der Waals surface area (Å²) in [7, 11) is -1.78. The van der Waals surface area contributed by atoms with Gasteiger partial charge in [0.25, 0.3) is 0 Å². The lowest BCUT2D eigenvalue weighted by Crippen LogP contribution is -2.39. The van der Waals surface area contributed by atoms with Gasteiger partial charge in [0.05, 0.1) is 6.10 Å². The first kappa shape index (κ1) is 10.7. The molecule has 2 atom stereocenters. The van der Waals surface area contributed by atoms with Crippen molar-refractivity contribution in [3.05, 3.63) is 0 Å². The molecule has 1 heterocycles. The van der Waals surface area contributed by atoms with E-state index in [0.717, 1.165) is 0 Å². The molecule has 1 fully saturated rings. The van der Waals surface area contributed by atoms with Gasteiger partial charge >= 0.3 is 5.97 Å². The van der Waals surface area contributed by atoms with E-state index < -0.39 is 14.4 Å². The van der Waals surface area contributed by atoms with E-state index in [9.17, 15) is 9.90 Å². The third kappa shape index (κ3) is 3.46. The van der Waals surface area contributed by atoms with Gasteiger partial charge in [-0.25, -0.2) is 0 Å². The van der Waals surface area contributed by atoms with E-state index in [-0.39, 0.29) is 12.0 Å². The lowest BCUT2D eigenvalue weighted by atomic mass is 10.2. The number of nitrogens with one attached hydrogen (secondary N) is 1. The summed E-state index contributed by atoms with van der Waals surface area (Å²) in [5, 5.41) is 12.1. The fourth-order valence-corrected chi connectivity index (χ4v) is 2.02. The van der Waals surface area contributed by atoms with Crippen LogP contribution in [0.3, 0.4) is 0 Å². The predicted molar refractivity (Wildman–Crippen MR) is 51.9 cm³/mol. The van der Waals surface area contributed by atoms with Gasteiger partial charge in [0.15, 0.2) is 0 Å². The van der Waals surface area contributed by atoms with E-state index in [0.29, 0.717) is 13.0 Å². The maximum Gasteiger partial charge on any atom is 0.309 e. The largest absolute Gasteiger partial charge is 0.519 e. The number of β-amino-alcohol motifs (C(OH)–C–C–N with tert-alkyl or cyclic N) is 1. The first-order valence-corrected chi connectivity index (χ1v) is 7.93. The van der Waals surface area contributed by atoms with Crippen molar-refractivity contribution >= 4 is 14.3 Å². The summed E-state index contributed by atoms with van der Waals surface area (Å²) in [6, 6.07) is -0.304. The Balaban J connectivity index is 2.41. The fraction of sp³-hybridized carbons (Fsp3) is 0.875. The summed E-state index contributed by atoms with van der Waals surface area (Å²) in [5.74, 6) is -0.212. The lowest BCUT2D eigenvalue weighted by Gasteiger charge is -2.20. The molecular formula is C8H17NO3Si. The van der Waals surface area contributed by atoms with Gasteiger partial charge in [0, 0.05) is 13.0 Å². The van der Waals surface area contributed by atoms with Crippen molar-refractivity contribution in [3.63, 3.8) is 0 Å². The molecule has 1 saturated heterocycles. The second kappa shape index (κ2) is 3.77. The first-order chi connectivity index (χ1) is 5.88. The van der Waals surface area contributed by atoms with Crippen LogP contribution in [0, 0.1) is 0 Å². The highest BCUT2D eigenvalue weighted by Gasteiger charge is 2.32. The summed E-state index contributed by atoms with van der Waals surface area (Å²) in [5.41, 5.74) is 0. The number of aliphatic hydroxyl groups excluding tert-OH is 1. The zero-order valence-electron chi connectivity index (χ0n) is 8.33. The zero-order chi connectivity index (χ0) is 10.1. The van der Waals surface area contributed by atoms with Crippen molar-refractivity contribution in [3.8, 4) is 0 Å². The molecule has 2 N–H and O–H groups in total. The van der Waals surface area contributed by atoms with Gasteiger partial charge in [-0.05, 0) is 19.6 Å². The molecule has 13 heavy (non-hydrogen) atoms. The number of hydrogen-bond acceptors (Lipinski definition) is 4. The van der Waals surface area contributed by atoms with Gasteiger partial charge in [0.2, 0.25) is 8.32 Å². The van der Waals surface area contributed by atoms with Crippen molar-refractivity contribution in [1.82, 2.24) is 5.32 Å². The number of hydrogen-bond donors (Lipinski definition) is 2. The lowest BCUT2D eigenvalue weighted by molar-refractivity contribution is -0.137. The van der Waals surface area contributed by atoms with Crippen LogP contribution in [0.15, 0.2) is 0 Å². The van der Waals surface area contributed by atoms with E-state index in [1.165, 1.54) is 0 Å². The summed E-state index contributed by atoms with van der Waals surface area (Å²) in [6.07, 6.45) is 0.0720. The molecule has 0 saturated carbocycles. The van der Waals surface area contributed by atoms with Gasteiger partial charge in [0.1, 0.15) is 6.04 Å². The summed E-state index contributed by atoms with van der Waals surface area (Å²) >= 11 is 0. The first-order valence-electron chi connectivity index (χ1n) is 4.53. The molecule has 1 aliphatic heterocycles. The maximum atomic E-state index is 11.4. The molecule has 76 valence electrons. The van der Waals surface area contributed by atoms with Crippen molar-refractivity contribution in [2.75, 3.05) is 6.54 Å². The standard InChI is InChI=1S/C8H17NO3Si/c1-13(2,3)12-8(11)7-4-6(10)5-9-7/h6-7,9-10H,4-5H2,1-3H3/t6-,7+/m1/s1. The van der Waals surface area contributed by atoms with Crippen molar-refractivity contribution in [2.24, 2.45) is 0 Å². The number of rotatable bonds is 2. The minimum absolute atomic E-state index is 0.212. The second-order valence-corrected chi connectivity index (χ2v) is 8.81. The molecule has 5 heteroatoms. The van der Waals surface area contributed by atoms with Gasteiger partial charge in [-0.1, -0.05) is 0 Å². The molecule has 4 nitrogen and oxygen atoms in total. The third-order valence-corrected chi connectivity index (χ3v) is 2.61. The average Bonchev–Trinajstić information content (AvgIpc) is 2.31. The Morgan fingerprint density at radius 1 is 1.54 bits per heavy atom. The Bertz CT molecular complexity index is 202. The molecule has 1 aliphatic rings. The molecule has 0 spiro atoms. The Morgan fingerprint density at radius 3 is 2.54 bits per heavy atom. The van der Waals surface area contributed by atoms with Crippen LogP contribution in [0.2, 0.25) is 19.6 Å². The van der Waals surface area contributed by atoms with Gasteiger partial charge < -0.3 is 14.8 Å². The smallest absolute Gasteiger partial charge is 0.309 e. The molecule has 1 rings (SSSR count). The maximum absolute atomic E-state index is 11.4. The molecule has 0 aromatic heterocycles. The molecule has 0 unspecified atom stereocenters. The molecular weight excluding hydrogens is 186 g/mol. The van der Waals surface area contributed by atoms with E-state index in [1.54, 1.807) is 0 Å². The Morgan fingerprint density at radius 2 is 2.15 bits per heavy atom. The second-order valence-electron chi connectivity index (χ2n) is 4.38. The van der Waals surface area contributed by atoms with Crippen LogP contribution in [0.25, 0.3) is 0 Å². The van der Waals surface area contributed by atoms with Crippen molar-refractivity contribution in [2.45, 2.75) is 38.2 Å². The Kier molecular flexibility index (Phi) is 3.10. The summed E-state index contributed by atoms with van der Waals surface area (Å²) < 4.78 is 5.30. The highest BCUT2D eigenvalue weighted by molar-refractivity contribution is 6.71. The molecule has 0 radical (unpaired) electrons. The quantitative estimate of drug-likeness (QED) is 0.624. The number of carbonyl (C=O) groups excluding carboxylic acids is 1. The predicted octanol–water partition coefficient (Wildman–Crippen LogP) is 0.0873. The number of aliphatic hydroxyl groups is 1. The van der Waals surface area contributed by atoms with Crippen LogP contribution in [0.1, 0.15) is 6.42 Å². The van der Waals surface area contributed by atoms with Gasteiger partial charge in [-0.15, -0.1) is 0 Å². The minimum atomic E-state index is -1.78. The topological polar surface area (TPSA) is 58.6 Å². The van der Waals surface area contributed by atoms with Crippen LogP contribution in [0.5, 0.6) is 0 Å². The Labute approximate surface area is 79.4 Å². The van der Waals surface area contributed by atoms with Crippen LogP contribution in [-0.2, 0) is 9.22 Å². The van der Waals surface area contributed by atoms with Crippen LogP contribution in [-0.4, -0.2) is 38.1 Å². The summed E-state index contributed by atoms with van der Waals surface area (Å²) in [6.45, 7) is 6.40. The van der Waals surface area contributed by atoms with Crippen molar-refractivity contribution < 1.29 is 14.3 Å². The Hall–Kier alpha value is -0.393. The molecule has 0 aromatic rings. The molecule has 0 aromatic carbocycles. The number of carbonyl (C=O) groups is 1. The van der Waals surface area contributed by atoms with E-state index in [2.05, 4.69) is 5.32 Å². The zero-order valence-corrected chi connectivity index (χ0v) is 9.33. The van der Waals surface area contributed by atoms with E-state index in [4.69, 9.17) is 4.43 Å². The van der Waals surface area contributed by atoms with E-state index in [1.807, 2.05) is 19.6 Å². The van der Waals surface area contributed by atoms with Crippen LogP contribution < -0.4 is 5.32 Å². The van der Waals surface area contributed by atoms with Crippen LogP contribution >= 0.6 is 0 Å². The fourth-order valence-electron chi connectivity index (χ4n) is 1.27. The van der Waals surface area contributed by atoms with E-state index >= 15 is 0 Å². The normalized spacial score (nSPS) is 28.9. The molecule has 0 amide bonds. The van der Waals surface area contributed by atoms with Crippen molar-refractivity contribution in [1.29, 1.82) is 0 Å². The molecule has 0 bridgehead atoms. The highest BCUT2D eigenvalue weighted by atomic mass is 28.4. The monoisotopic (exact) mass is 203 g/mol. The van der Waals surface area contributed by atoms with Gasteiger partial charge in [-0.3, -0.25) is 4.79 Å². The average molecular weight is 203 g/mol. The van der Waals surface area contributed by atoms with Crippen LogP contribution in [0.4, 0.5) is 0 Å². The summed E-state index contributed by atoms with van der Waals surface area (Å²) in [4.78, 5) is 11.4. The van der Waals surface area contributed by atoms with Gasteiger partial charge in [-0.2, -0.15) is 0 Å². The third-order valence-electron chi connectivity index (χ3n) is 1.80. The minimum Gasteiger partial charge on any atom is -0.519 e.